The van der Waals surface area contributed by atoms with Gasteiger partial charge in [0.1, 0.15) is 0 Å². The molecule has 44 heavy (non-hydrogen) atoms. The van der Waals surface area contributed by atoms with Crippen LogP contribution in [0.2, 0.25) is 0 Å². The highest BCUT2D eigenvalue weighted by atomic mass is 19.4. The molecule has 0 fully saturated rings. The zero-order valence-electron chi connectivity index (χ0n) is 21.8. The van der Waals surface area contributed by atoms with Gasteiger partial charge in [-0.3, -0.25) is 0 Å². The second-order valence-electron chi connectivity index (χ2n) is 9.20. The first kappa shape index (κ1) is 33.7. The zero-order chi connectivity index (χ0) is 33.4. The van der Waals surface area contributed by atoms with E-state index in [0.717, 1.165) is 24.3 Å². The van der Waals surface area contributed by atoms with Crippen molar-refractivity contribution in [3.05, 3.63) is 95.1 Å². The Labute approximate surface area is 240 Å². The molecule has 8 N–H and O–H groups in total. The summed E-state index contributed by atoms with van der Waals surface area (Å²) in [6, 6.07) is 11.7. The first-order chi connectivity index (χ1) is 20.0. The summed E-state index contributed by atoms with van der Waals surface area (Å²) in [6.07, 6.45) is -18.8. The Morgan fingerprint density at radius 2 is 0.455 bits per heavy atom. The highest BCUT2D eigenvalue weighted by Gasteiger charge is 2.36. The van der Waals surface area contributed by atoms with E-state index in [2.05, 4.69) is 0 Å². The minimum atomic E-state index is -4.69. The average Bonchev–Trinajstić information content (AvgIpc) is 2.88. The van der Waals surface area contributed by atoms with E-state index in [4.69, 9.17) is 22.9 Å². The Bertz CT molecular complexity index is 1410. The fraction of sp³-hybridized carbons (Fsp3) is 0.143. The summed E-state index contributed by atoms with van der Waals surface area (Å²) in [5.41, 5.74) is 14.5. The molecule has 0 bridgehead atoms. The summed E-state index contributed by atoms with van der Waals surface area (Å²) in [6.45, 7) is 0. The number of hydrogen-bond donors (Lipinski definition) is 4. The van der Waals surface area contributed by atoms with Crippen molar-refractivity contribution >= 4 is 22.7 Å². The fourth-order valence-corrected chi connectivity index (χ4v) is 3.93. The number of benzene rings is 4. The summed E-state index contributed by atoms with van der Waals surface area (Å²) in [7, 11) is 0. The van der Waals surface area contributed by atoms with Crippen LogP contribution < -0.4 is 22.9 Å². The van der Waals surface area contributed by atoms with E-state index >= 15 is 0 Å². The van der Waals surface area contributed by atoms with E-state index in [1.54, 1.807) is 0 Å². The maximum atomic E-state index is 12.8. The van der Waals surface area contributed by atoms with Crippen molar-refractivity contribution < 1.29 is 52.7 Å². The molecular formula is C28H20F12N4. The molecule has 0 aliphatic carbocycles. The van der Waals surface area contributed by atoms with Crippen LogP contribution in [0, 0.1) is 0 Å². The topological polar surface area (TPSA) is 104 Å². The number of alkyl halides is 12. The van der Waals surface area contributed by atoms with Crippen LogP contribution in [0.3, 0.4) is 0 Å². The summed E-state index contributed by atoms with van der Waals surface area (Å²) in [5, 5.41) is 0. The van der Waals surface area contributed by atoms with Crippen molar-refractivity contribution in [2.45, 2.75) is 24.7 Å². The summed E-state index contributed by atoms with van der Waals surface area (Å²) >= 11 is 0. The molecule has 0 saturated carbocycles. The molecule has 4 rings (SSSR count). The monoisotopic (exact) mass is 640 g/mol. The van der Waals surface area contributed by atoms with E-state index in [-0.39, 0.29) is 22.3 Å². The molecule has 4 aromatic carbocycles. The van der Waals surface area contributed by atoms with Crippen LogP contribution in [0.1, 0.15) is 22.3 Å². The third-order valence-electron chi connectivity index (χ3n) is 6.10. The third kappa shape index (κ3) is 7.79. The molecule has 0 saturated heterocycles. The molecule has 16 heteroatoms. The lowest BCUT2D eigenvalue weighted by atomic mass is 9.99. The van der Waals surface area contributed by atoms with E-state index in [1.807, 2.05) is 0 Å². The Balaban J connectivity index is 0.000000240. The molecule has 0 spiro atoms. The van der Waals surface area contributed by atoms with E-state index in [9.17, 15) is 52.7 Å². The Morgan fingerprint density at radius 1 is 0.295 bits per heavy atom. The first-order valence-electron chi connectivity index (χ1n) is 11.9. The highest BCUT2D eigenvalue weighted by Crippen LogP contribution is 2.41. The predicted octanol–water partition coefficient (Wildman–Crippen LogP) is 9.11. The number of nitrogen functional groups attached to an aromatic ring is 4. The summed E-state index contributed by atoms with van der Waals surface area (Å²) in [4.78, 5) is 0. The van der Waals surface area contributed by atoms with Gasteiger partial charge in [0.05, 0.1) is 22.3 Å². The molecule has 0 radical (unpaired) electrons. The van der Waals surface area contributed by atoms with Gasteiger partial charge < -0.3 is 22.9 Å². The standard InChI is InChI=1S/2C14H10F6N2/c2*15-13(16,17)9-5-7(1-3-11(9)21)8-2-4-12(22)10(6-8)14(18,19)20/h2*1-6H,21-22H2. The SMILES string of the molecule is Nc1ccc(-c2ccc(N)c(C(F)(F)F)c2)cc1C(F)(F)F.Nc1ccc(-c2ccc(N)c(C(F)(F)F)c2)cc1C(F)(F)F. The molecule has 0 atom stereocenters. The van der Waals surface area contributed by atoms with Crippen molar-refractivity contribution in [1.82, 2.24) is 0 Å². The van der Waals surface area contributed by atoms with Gasteiger partial charge in [-0.25, -0.2) is 0 Å². The van der Waals surface area contributed by atoms with Crippen LogP contribution >= 0.6 is 0 Å². The Hall–Kier alpha value is -4.76. The molecule has 0 aliphatic heterocycles. The van der Waals surface area contributed by atoms with Crippen molar-refractivity contribution in [3.63, 3.8) is 0 Å². The molecule has 0 aromatic heterocycles. The lowest BCUT2D eigenvalue weighted by Gasteiger charge is -2.14. The van der Waals surface area contributed by atoms with Crippen molar-refractivity contribution in [1.29, 1.82) is 0 Å². The summed E-state index contributed by atoms with van der Waals surface area (Å²) in [5.74, 6) is 0. The van der Waals surface area contributed by atoms with E-state index in [1.165, 1.54) is 24.3 Å². The molecule has 236 valence electrons. The predicted molar refractivity (Wildman–Crippen MR) is 141 cm³/mol. The second-order valence-corrected chi connectivity index (χ2v) is 9.20. The number of nitrogens with two attached hydrogens (primary N) is 4. The molecule has 4 nitrogen and oxygen atoms in total. The van der Waals surface area contributed by atoms with Gasteiger partial charge in [-0.05, 0) is 70.8 Å². The maximum absolute atomic E-state index is 12.8. The fourth-order valence-electron chi connectivity index (χ4n) is 3.93. The molecule has 0 aliphatic rings. The molecule has 0 heterocycles. The van der Waals surface area contributed by atoms with Gasteiger partial charge in [0.25, 0.3) is 0 Å². The number of hydrogen-bond acceptors (Lipinski definition) is 4. The van der Waals surface area contributed by atoms with Gasteiger partial charge in [-0.2, -0.15) is 52.7 Å². The lowest BCUT2D eigenvalue weighted by Crippen LogP contribution is -2.10. The number of halogens is 12. The average molecular weight is 640 g/mol. The molecule has 0 amide bonds. The lowest BCUT2D eigenvalue weighted by molar-refractivity contribution is -0.137. The van der Waals surface area contributed by atoms with Gasteiger partial charge in [0, 0.05) is 22.7 Å². The van der Waals surface area contributed by atoms with Crippen molar-refractivity contribution in [2.75, 3.05) is 22.9 Å². The smallest absolute Gasteiger partial charge is 0.398 e. The second kappa shape index (κ2) is 11.7. The third-order valence-corrected chi connectivity index (χ3v) is 6.10. The molecular weight excluding hydrogens is 620 g/mol. The maximum Gasteiger partial charge on any atom is 0.418 e. The van der Waals surface area contributed by atoms with Gasteiger partial charge in [0.2, 0.25) is 0 Å². The van der Waals surface area contributed by atoms with Crippen LogP contribution in [-0.2, 0) is 24.7 Å². The van der Waals surface area contributed by atoms with E-state index < -0.39 is 69.7 Å². The van der Waals surface area contributed by atoms with Crippen molar-refractivity contribution in [2.24, 2.45) is 0 Å². The molecule has 0 unspecified atom stereocenters. The van der Waals surface area contributed by atoms with Crippen molar-refractivity contribution in [3.8, 4) is 22.3 Å². The van der Waals surface area contributed by atoms with Gasteiger partial charge >= 0.3 is 24.7 Å². The quantitative estimate of drug-likeness (QED) is 0.130. The van der Waals surface area contributed by atoms with Crippen LogP contribution in [0.15, 0.2) is 72.8 Å². The zero-order valence-corrected chi connectivity index (χ0v) is 21.8. The van der Waals surface area contributed by atoms with E-state index in [0.29, 0.717) is 24.3 Å². The Kier molecular flexibility index (Phi) is 8.99. The number of anilines is 4. The summed E-state index contributed by atoms with van der Waals surface area (Å²) < 4.78 is 154. The number of rotatable bonds is 2. The normalized spacial score (nSPS) is 12.5. The largest absolute Gasteiger partial charge is 0.418 e. The minimum Gasteiger partial charge on any atom is -0.398 e. The van der Waals surface area contributed by atoms with Gasteiger partial charge in [-0.1, -0.05) is 24.3 Å². The highest BCUT2D eigenvalue weighted by molar-refractivity contribution is 5.72. The van der Waals surface area contributed by atoms with Crippen LogP contribution in [0.5, 0.6) is 0 Å². The molecule has 4 aromatic rings. The minimum absolute atomic E-state index is 0.0352. The first-order valence-corrected chi connectivity index (χ1v) is 11.9. The van der Waals surface area contributed by atoms with Crippen LogP contribution in [0.25, 0.3) is 22.3 Å². The van der Waals surface area contributed by atoms with Crippen LogP contribution in [0.4, 0.5) is 75.4 Å². The van der Waals surface area contributed by atoms with Gasteiger partial charge in [0.15, 0.2) is 0 Å². The van der Waals surface area contributed by atoms with Gasteiger partial charge in [-0.15, -0.1) is 0 Å². The van der Waals surface area contributed by atoms with Crippen LogP contribution in [-0.4, -0.2) is 0 Å². The Morgan fingerprint density at radius 3 is 0.591 bits per heavy atom.